The van der Waals surface area contributed by atoms with Gasteiger partial charge in [0.25, 0.3) is 5.91 Å². The maximum absolute atomic E-state index is 11.9. The van der Waals surface area contributed by atoms with Crippen LogP contribution in [-0.4, -0.2) is 5.91 Å². The molecule has 0 spiro atoms. The Labute approximate surface area is 109 Å². The van der Waals surface area contributed by atoms with Gasteiger partial charge in [-0.3, -0.25) is 4.79 Å². The molecule has 4 heteroatoms. The van der Waals surface area contributed by atoms with E-state index < -0.39 is 0 Å². The summed E-state index contributed by atoms with van der Waals surface area (Å²) in [5.41, 5.74) is 1.13. The molecule has 0 saturated heterocycles. The van der Waals surface area contributed by atoms with E-state index in [2.05, 4.69) is 5.32 Å². The van der Waals surface area contributed by atoms with Crippen LogP contribution in [-0.2, 0) is 0 Å². The van der Waals surface area contributed by atoms with Crippen LogP contribution in [0.4, 0.5) is 5.69 Å². The minimum Gasteiger partial charge on any atom is -0.322 e. The van der Waals surface area contributed by atoms with Gasteiger partial charge in [-0.15, -0.1) is 0 Å². The standard InChI is InChI=1S/C13H9Cl2NO/c14-9-5-7-10(8-6-9)16-13(17)11-3-1-2-4-12(11)15/h1-8H,(H,16,17). The molecular formula is C13H9Cl2NO. The third kappa shape index (κ3) is 2.99. The predicted molar refractivity (Wildman–Crippen MR) is 70.9 cm³/mol. The highest BCUT2D eigenvalue weighted by atomic mass is 35.5. The zero-order chi connectivity index (χ0) is 12.3. The summed E-state index contributed by atoms with van der Waals surface area (Å²) < 4.78 is 0. The van der Waals surface area contributed by atoms with Gasteiger partial charge < -0.3 is 5.32 Å². The van der Waals surface area contributed by atoms with Crippen molar-refractivity contribution >= 4 is 34.8 Å². The smallest absolute Gasteiger partial charge is 0.257 e. The fourth-order valence-electron chi connectivity index (χ4n) is 1.38. The fourth-order valence-corrected chi connectivity index (χ4v) is 1.72. The summed E-state index contributed by atoms with van der Waals surface area (Å²) in [6, 6.07) is 13.8. The second-order valence-corrected chi connectivity index (χ2v) is 4.28. The molecule has 0 aliphatic heterocycles. The van der Waals surface area contributed by atoms with E-state index in [1.165, 1.54) is 0 Å². The molecule has 17 heavy (non-hydrogen) atoms. The first-order valence-electron chi connectivity index (χ1n) is 4.98. The van der Waals surface area contributed by atoms with Crippen molar-refractivity contribution in [2.24, 2.45) is 0 Å². The van der Waals surface area contributed by atoms with Crippen molar-refractivity contribution in [3.05, 3.63) is 64.1 Å². The van der Waals surface area contributed by atoms with Crippen molar-refractivity contribution in [2.75, 3.05) is 5.32 Å². The summed E-state index contributed by atoms with van der Waals surface area (Å²) in [5, 5.41) is 3.80. The van der Waals surface area contributed by atoms with Gasteiger partial charge in [-0.1, -0.05) is 35.3 Å². The molecule has 1 amide bonds. The van der Waals surface area contributed by atoms with Gasteiger partial charge in [-0.05, 0) is 36.4 Å². The largest absolute Gasteiger partial charge is 0.322 e. The van der Waals surface area contributed by atoms with Gasteiger partial charge >= 0.3 is 0 Å². The lowest BCUT2D eigenvalue weighted by Gasteiger charge is -2.06. The first-order chi connectivity index (χ1) is 8.16. The van der Waals surface area contributed by atoms with Gasteiger partial charge in [-0.25, -0.2) is 0 Å². The van der Waals surface area contributed by atoms with E-state index in [0.717, 1.165) is 0 Å². The number of amides is 1. The first-order valence-corrected chi connectivity index (χ1v) is 5.74. The fraction of sp³-hybridized carbons (Fsp3) is 0. The van der Waals surface area contributed by atoms with Crippen molar-refractivity contribution in [3.63, 3.8) is 0 Å². The highest BCUT2D eigenvalue weighted by Crippen LogP contribution is 2.18. The lowest BCUT2D eigenvalue weighted by Crippen LogP contribution is -2.12. The summed E-state index contributed by atoms with van der Waals surface area (Å²) in [7, 11) is 0. The molecule has 0 fully saturated rings. The number of benzene rings is 2. The maximum atomic E-state index is 11.9. The van der Waals surface area contributed by atoms with E-state index >= 15 is 0 Å². The van der Waals surface area contributed by atoms with Crippen molar-refractivity contribution in [1.29, 1.82) is 0 Å². The molecule has 0 aliphatic rings. The maximum Gasteiger partial charge on any atom is 0.257 e. The summed E-state index contributed by atoms with van der Waals surface area (Å²) in [6.07, 6.45) is 0. The van der Waals surface area contributed by atoms with E-state index in [-0.39, 0.29) is 5.91 Å². The number of anilines is 1. The molecule has 86 valence electrons. The number of hydrogen-bond donors (Lipinski definition) is 1. The molecule has 0 unspecified atom stereocenters. The highest BCUT2D eigenvalue weighted by Gasteiger charge is 2.09. The van der Waals surface area contributed by atoms with Gasteiger partial charge in [0.1, 0.15) is 0 Å². The number of carbonyl (C=O) groups excluding carboxylic acids is 1. The van der Waals surface area contributed by atoms with Crippen LogP contribution in [0.5, 0.6) is 0 Å². The van der Waals surface area contributed by atoms with Crippen molar-refractivity contribution in [1.82, 2.24) is 0 Å². The van der Waals surface area contributed by atoms with Crippen LogP contribution in [0, 0.1) is 0 Å². The summed E-state index contributed by atoms with van der Waals surface area (Å²) in [5.74, 6) is -0.238. The van der Waals surface area contributed by atoms with Crippen molar-refractivity contribution in [3.8, 4) is 0 Å². The van der Waals surface area contributed by atoms with Gasteiger partial charge in [0.2, 0.25) is 0 Å². The normalized spacial score (nSPS) is 10.0. The molecular weight excluding hydrogens is 257 g/mol. The van der Waals surface area contributed by atoms with Gasteiger partial charge in [0, 0.05) is 10.7 Å². The predicted octanol–water partition coefficient (Wildman–Crippen LogP) is 4.25. The Morgan fingerprint density at radius 1 is 0.941 bits per heavy atom. The zero-order valence-corrected chi connectivity index (χ0v) is 10.3. The zero-order valence-electron chi connectivity index (χ0n) is 8.78. The van der Waals surface area contributed by atoms with Crippen LogP contribution in [0.15, 0.2) is 48.5 Å². The Morgan fingerprint density at radius 2 is 1.59 bits per heavy atom. The highest BCUT2D eigenvalue weighted by molar-refractivity contribution is 6.34. The van der Waals surface area contributed by atoms with E-state index in [4.69, 9.17) is 23.2 Å². The lowest BCUT2D eigenvalue weighted by molar-refractivity contribution is 0.102. The Kier molecular flexibility index (Phi) is 3.67. The molecule has 2 rings (SSSR count). The molecule has 0 aromatic heterocycles. The number of hydrogen-bond acceptors (Lipinski definition) is 1. The molecule has 0 radical (unpaired) electrons. The van der Waals surface area contributed by atoms with E-state index in [9.17, 15) is 4.79 Å². The first kappa shape index (κ1) is 12.0. The minimum absolute atomic E-state index is 0.238. The molecule has 1 N–H and O–H groups in total. The van der Waals surface area contributed by atoms with Crippen molar-refractivity contribution in [2.45, 2.75) is 0 Å². The van der Waals surface area contributed by atoms with E-state index in [0.29, 0.717) is 21.3 Å². The average Bonchev–Trinajstić information content (AvgIpc) is 2.32. The van der Waals surface area contributed by atoms with Gasteiger partial charge in [0.05, 0.1) is 10.6 Å². The Morgan fingerprint density at radius 3 is 2.24 bits per heavy atom. The molecule has 0 aliphatic carbocycles. The second kappa shape index (κ2) is 5.21. The molecule has 0 heterocycles. The van der Waals surface area contributed by atoms with Crippen LogP contribution in [0.25, 0.3) is 0 Å². The average molecular weight is 266 g/mol. The van der Waals surface area contributed by atoms with Crippen LogP contribution >= 0.6 is 23.2 Å². The molecule has 2 aromatic rings. The van der Waals surface area contributed by atoms with Crippen molar-refractivity contribution < 1.29 is 4.79 Å². The molecule has 0 atom stereocenters. The molecule has 0 saturated carbocycles. The SMILES string of the molecule is O=C(Nc1ccc(Cl)cc1)c1ccccc1Cl. The van der Waals surface area contributed by atoms with Crippen LogP contribution < -0.4 is 5.32 Å². The minimum atomic E-state index is -0.238. The number of carbonyl (C=O) groups is 1. The topological polar surface area (TPSA) is 29.1 Å². The van der Waals surface area contributed by atoms with E-state index in [1.807, 2.05) is 0 Å². The Balaban J connectivity index is 2.17. The molecule has 2 aromatic carbocycles. The Bertz CT molecular complexity index is 537. The van der Waals surface area contributed by atoms with Crippen LogP contribution in [0.1, 0.15) is 10.4 Å². The molecule has 0 bridgehead atoms. The summed E-state index contributed by atoms with van der Waals surface area (Å²) >= 11 is 11.7. The summed E-state index contributed by atoms with van der Waals surface area (Å²) in [4.78, 5) is 11.9. The van der Waals surface area contributed by atoms with Gasteiger partial charge in [-0.2, -0.15) is 0 Å². The summed E-state index contributed by atoms with van der Waals surface area (Å²) in [6.45, 7) is 0. The number of halogens is 2. The van der Waals surface area contributed by atoms with Crippen LogP contribution in [0.3, 0.4) is 0 Å². The third-order valence-corrected chi connectivity index (χ3v) is 2.80. The number of rotatable bonds is 2. The quantitative estimate of drug-likeness (QED) is 0.865. The lowest BCUT2D eigenvalue weighted by atomic mass is 10.2. The monoisotopic (exact) mass is 265 g/mol. The third-order valence-electron chi connectivity index (χ3n) is 2.22. The van der Waals surface area contributed by atoms with Gasteiger partial charge in [0.15, 0.2) is 0 Å². The number of nitrogens with one attached hydrogen (secondary N) is 1. The second-order valence-electron chi connectivity index (χ2n) is 3.44. The van der Waals surface area contributed by atoms with Crippen LogP contribution in [0.2, 0.25) is 10.0 Å². The van der Waals surface area contributed by atoms with E-state index in [1.54, 1.807) is 48.5 Å². The Hall–Kier alpha value is -1.51. The molecule has 2 nitrogen and oxygen atoms in total.